The van der Waals surface area contributed by atoms with Crippen LogP contribution in [0.1, 0.15) is 39.0 Å². The Hall–Kier alpha value is -2.08. The van der Waals surface area contributed by atoms with Crippen LogP contribution in [0.15, 0.2) is 24.3 Å². The molecule has 0 aromatic heterocycles. The normalized spacial score (nSPS) is 20.6. The number of primary amides is 1. The molecule has 1 atom stereocenters. The minimum Gasteiger partial charge on any atom is -0.372 e. The Kier molecular flexibility index (Phi) is 6.14. The minimum absolute atomic E-state index is 0.00625. The summed E-state index contributed by atoms with van der Waals surface area (Å²) in [5.74, 6) is -0.285. The van der Waals surface area contributed by atoms with Crippen molar-refractivity contribution in [3.05, 3.63) is 24.3 Å². The van der Waals surface area contributed by atoms with Crippen molar-refractivity contribution in [2.45, 2.75) is 45.1 Å². The Morgan fingerprint density at radius 1 is 1.04 bits per heavy atom. The number of rotatable bonds is 5. The van der Waals surface area contributed by atoms with Gasteiger partial charge >= 0.3 is 0 Å². The van der Waals surface area contributed by atoms with E-state index < -0.39 is 0 Å². The average molecular weight is 358 g/mol. The first-order valence-corrected chi connectivity index (χ1v) is 9.74. The minimum atomic E-state index is -0.226. The van der Waals surface area contributed by atoms with E-state index in [2.05, 4.69) is 27.2 Å². The van der Waals surface area contributed by atoms with Gasteiger partial charge in [0.1, 0.15) is 0 Å². The van der Waals surface area contributed by atoms with E-state index in [-0.39, 0.29) is 23.8 Å². The van der Waals surface area contributed by atoms with Crippen molar-refractivity contribution in [2.75, 3.05) is 36.4 Å². The fourth-order valence-corrected chi connectivity index (χ4v) is 3.89. The number of hydrogen-bond donors (Lipinski definition) is 2. The molecule has 3 rings (SSSR count). The first-order chi connectivity index (χ1) is 12.5. The highest BCUT2D eigenvalue weighted by molar-refractivity contribution is 5.94. The lowest BCUT2D eigenvalue weighted by atomic mass is 9.95. The van der Waals surface area contributed by atoms with Crippen LogP contribution in [0.2, 0.25) is 0 Å². The summed E-state index contributed by atoms with van der Waals surface area (Å²) >= 11 is 0. The molecule has 2 heterocycles. The van der Waals surface area contributed by atoms with Crippen molar-refractivity contribution in [1.29, 1.82) is 0 Å². The lowest BCUT2D eigenvalue weighted by Gasteiger charge is -2.34. The van der Waals surface area contributed by atoms with Crippen LogP contribution in [0, 0.1) is 5.92 Å². The van der Waals surface area contributed by atoms with E-state index in [1.165, 1.54) is 24.9 Å². The van der Waals surface area contributed by atoms with E-state index in [0.717, 1.165) is 44.7 Å². The highest BCUT2D eigenvalue weighted by Gasteiger charge is 2.28. The van der Waals surface area contributed by atoms with Gasteiger partial charge in [-0.15, -0.1) is 0 Å². The maximum absolute atomic E-state index is 12.6. The van der Waals surface area contributed by atoms with Gasteiger partial charge in [0, 0.05) is 30.4 Å². The van der Waals surface area contributed by atoms with E-state index in [9.17, 15) is 9.59 Å². The van der Waals surface area contributed by atoms with Crippen LogP contribution in [0.25, 0.3) is 0 Å². The highest BCUT2D eigenvalue weighted by atomic mass is 16.2. The largest absolute Gasteiger partial charge is 0.372 e. The number of nitrogens with two attached hydrogens (primary N) is 1. The zero-order chi connectivity index (χ0) is 18.5. The van der Waals surface area contributed by atoms with Crippen molar-refractivity contribution in [3.8, 4) is 0 Å². The van der Waals surface area contributed by atoms with E-state index in [1.807, 2.05) is 19.1 Å². The zero-order valence-corrected chi connectivity index (χ0v) is 15.6. The number of piperidine rings is 2. The van der Waals surface area contributed by atoms with Gasteiger partial charge in [0.2, 0.25) is 11.8 Å². The van der Waals surface area contributed by atoms with E-state index in [4.69, 9.17) is 5.73 Å². The average Bonchev–Trinajstić information content (AvgIpc) is 2.68. The van der Waals surface area contributed by atoms with Crippen LogP contribution >= 0.6 is 0 Å². The van der Waals surface area contributed by atoms with E-state index in [0.29, 0.717) is 0 Å². The number of nitrogens with one attached hydrogen (secondary N) is 1. The van der Waals surface area contributed by atoms with Crippen LogP contribution in [0.4, 0.5) is 11.4 Å². The summed E-state index contributed by atoms with van der Waals surface area (Å²) in [4.78, 5) is 28.4. The number of likely N-dealkylation sites (tertiary alicyclic amines) is 1. The van der Waals surface area contributed by atoms with Gasteiger partial charge in [0.15, 0.2) is 0 Å². The molecule has 0 bridgehead atoms. The van der Waals surface area contributed by atoms with Crippen LogP contribution < -0.4 is 16.0 Å². The van der Waals surface area contributed by atoms with Crippen LogP contribution in [0.5, 0.6) is 0 Å². The third kappa shape index (κ3) is 4.55. The molecule has 2 aliphatic heterocycles. The molecular formula is C20H30N4O2. The Bertz CT molecular complexity index is 617. The number of carbonyl (C=O) groups excluding carboxylic acids is 2. The molecule has 0 unspecified atom stereocenters. The van der Waals surface area contributed by atoms with Gasteiger partial charge in [0.25, 0.3) is 0 Å². The standard InChI is InChI=1S/C20H30N4O2/c1-15(23-13-9-16(10-14-23)19(21)25)20(26)22-17-5-7-18(8-6-17)24-11-3-2-4-12-24/h5-8,15-16H,2-4,9-14H2,1H3,(H2,21,25)(H,22,26)/t15-/m0/s1. The second-order valence-corrected chi connectivity index (χ2v) is 7.47. The van der Waals surface area contributed by atoms with Gasteiger partial charge in [-0.1, -0.05) is 0 Å². The monoisotopic (exact) mass is 358 g/mol. The third-order valence-corrected chi connectivity index (χ3v) is 5.72. The van der Waals surface area contributed by atoms with Crippen molar-refractivity contribution in [1.82, 2.24) is 4.90 Å². The molecule has 0 radical (unpaired) electrons. The summed E-state index contributed by atoms with van der Waals surface area (Å²) in [6.45, 7) is 5.61. The Morgan fingerprint density at radius 3 is 2.23 bits per heavy atom. The maximum Gasteiger partial charge on any atom is 0.241 e. The molecule has 1 aromatic carbocycles. The molecular weight excluding hydrogens is 328 g/mol. The molecule has 6 heteroatoms. The number of anilines is 2. The van der Waals surface area contributed by atoms with Crippen molar-refractivity contribution >= 4 is 23.2 Å². The molecule has 142 valence electrons. The summed E-state index contributed by atoms with van der Waals surface area (Å²) in [7, 11) is 0. The first kappa shape index (κ1) is 18.7. The van der Waals surface area contributed by atoms with Gasteiger partial charge in [-0.05, 0) is 76.4 Å². The van der Waals surface area contributed by atoms with Gasteiger partial charge < -0.3 is 16.0 Å². The molecule has 0 aliphatic carbocycles. The Labute approximate surface area is 155 Å². The molecule has 1 aromatic rings. The van der Waals surface area contributed by atoms with Gasteiger partial charge in [-0.3, -0.25) is 14.5 Å². The Morgan fingerprint density at radius 2 is 1.65 bits per heavy atom. The number of carbonyl (C=O) groups is 2. The second-order valence-electron chi connectivity index (χ2n) is 7.47. The predicted molar refractivity (Wildman–Crippen MR) is 104 cm³/mol. The van der Waals surface area contributed by atoms with Crippen molar-refractivity contribution in [2.24, 2.45) is 11.7 Å². The summed E-state index contributed by atoms with van der Waals surface area (Å²) in [5.41, 5.74) is 7.43. The Balaban J connectivity index is 1.51. The predicted octanol–water partition coefficient (Wildman–Crippen LogP) is 2.20. The van der Waals surface area contributed by atoms with Crippen molar-refractivity contribution in [3.63, 3.8) is 0 Å². The van der Waals surface area contributed by atoms with Gasteiger partial charge in [0.05, 0.1) is 6.04 Å². The number of benzene rings is 1. The second kappa shape index (κ2) is 8.54. The molecule has 2 aliphatic rings. The fraction of sp³-hybridized carbons (Fsp3) is 0.600. The molecule has 2 saturated heterocycles. The molecule has 2 amide bonds. The van der Waals surface area contributed by atoms with Gasteiger partial charge in [-0.2, -0.15) is 0 Å². The topological polar surface area (TPSA) is 78.7 Å². The lowest BCUT2D eigenvalue weighted by molar-refractivity contribution is -0.124. The number of amides is 2. The summed E-state index contributed by atoms with van der Waals surface area (Å²) < 4.78 is 0. The van der Waals surface area contributed by atoms with Crippen molar-refractivity contribution < 1.29 is 9.59 Å². The quantitative estimate of drug-likeness (QED) is 0.846. The van der Waals surface area contributed by atoms with Crippen LogP contribution in [0.3, 0.4) is 0 Å². The lowest BCUT2D eigenvalue weighted by Crippen LogP contribution is -2.47. The van der Waals surface area contributed by atoms with Crippen LogP contribution in [-0.4, -0.2) is 48.9 Å². The molecule has 0 spiro atoms. The molecule has 26 heavy (non-hydrogen) atoms. The van der Waals surface area contributed by atoms with Crippen LogP contribution in [-0.2, 0) is 9.59 Å². The fourth-order valence-electron chi connectivity index (χ4n) is 3.89. The van der Waals surface area contributed by atoms with E-state index in [1.54, 1.807) is 0 Å². The summed E-state index contributed by atoms with van der Waals surface area (Å²) in [5, 5.41) is 3.01. The summed E-state index contributed by atoms with van der Waals surface area (Å²) in [6.07, 6.45) is 5.29. The maximum atomic E-state index is 12.6. The highest BCUT2D eigenvalue weighted by Crippen LogP contribution is 2.23. The molecule has 0 saturated carbocycles. The first-order valence-electron chi connectivity index (χ1n) is 9.74. The zero-order valence-electron chi connectivity index (χ0n) is 15.6. The number of nitrogens with zero attached hydrogens (tertiary/aromatic N) is 2. The molecule has 3 N–H and O–H groups in total. The smallest absolute Gasteiger partial charge is 0.241 e. The van der Waals surface area contributed by atoms with E-state index >= 15 is 0 Å². The molecule has 2 fully saturated rings. The SMILES string of the molecule is C[C@@H](C(=O)Nc1ccc(N2CCCCC2)cc1)N1CCC(C(N)=O)CC1. The third-order valence-electron chi connectivity index (χ3n) is 5.72. The number of hydrogen-bond acceptors (Lipinski definition) is 4. The summed E-state index contributed by atoms with van der Waals surface area (Å²) in [6, 6.07) is 7.92. The molecule has 6 nitrogen and oxygen atoms in total. The van der Waals surface area contributed by atoms with Gasteiger partial charge in [-0.25, -0.2) is 0 Å².